The molecule has 3 atom stereocenters. The summed E-state index contributed by atoms with van der Waals surface area (Å²) in [5, 5.41) is 6.62. The molecular weight excluding hydrogens is 353 g/mol. The van der Waals surface area contributed by atoms with Gasteiger partial charge in [0.2, 0.25) is 11.8 Å². The number of carbonyl (C=O) groups is 2. The first kappa shape index (κ1) is 19.0. The molecule has 2 aliphatic rings. The number of anilines is 1. The highest BCUT2D eigenvalue weighted by atomic mass is 35.5. The Bertz CT molecular complexity index is 614. The number of hydrogen-bond donors (Lipinski definition) is 2. The van der Waals surface area contributed by atoms with Crippen LogP contribution in [-0.2, 0) is 14.3 Å². The van der Waals surface area contributed by atoms with Crippen molar-refractivity contribution in [2.75, 3.05) is 24.6 Å². The number of ether oxygens (including phenoxy) is 1. The van der Waals surface area contributed by atoms with Crippen molar-refractivity contribution in [3.8, 4) is 0 Å². The largest absolute Gasteiger partial charge is 0.375 e. The fourth-order valence-corrected chi connectivity index (χ4v) is 3.26. The Kier molecular flexibility index (Phi) is 6.46. The van der Waals surface area contributed by atoms with E-state index in [-0.39, 0.29) is 48.8 Å². The summed E-state index contributed by atoms with van der Waals surface area (Å²) in [5.74, 6) is -0.166. The maximum absolute atomic E-state index is 12.4. The highest BCUT2D eigenvalue weighted by Crippen LogP contribution is 2.29. The normalized spacial score (nSPS) is 26.8. The number of morpholine rings is 1. The number of para-hydroxylation sites is 1. The molecule has 0 spiro atoms. The lowest BCUT2D eigenvalue weighted by Gasteiger charge is -2.30. The quantitative estimate of drug-likeness (QED) is 0.838. The van der Waals surface area contributed by atoms with Gasteiger partial charge in [0.1, 0.15) is 6.04 Å². The summed E-state index contributed by atoms with van der Waals surface area (Å²) >= 11 is 6.16. The molecule has 2 heterocycles. The first-order valence-corrected chi connectivity index (χ1v) is 8.14. The van der Waals surface area contributed by atoms with E-state index in [0.717, 1.165) is 0 Å². The van der Waals surface area contributed by atoms with Crippen molar-refractivity contribution in [2.45, 2.75) is 31.5 Å². The van der Waals surface area contributed by atoms with Crippen molar-refractivity contribution in [2.24, 2.45) is 0 Å². The third-order valence-corrected chi connectivity index (χ3v) is 4.53. The lowest BCUT2D eigenvalue weighted by Crippen LogP contribution is -2.57. The summed E-state index contributed by atoms with van der Waals surface area (Å²) in [5.41, 5.74) is 0.684. The summed E-state index contributed by atoms with van der Waals surface area (Å²) in [6, 6.07) is 6.62. The van der Waals surface area contributed by atoms with Crippen LogP contribution in [0.3, 0.4) is 0 Å². The Morgan fingerprint density at radius 2 is 2.17 bits per heavy atom. The van der Waals surface area contributed by atoms with E-state index in [4.69, 9.17) is 16.3 Å². The third-order valence-electron chi connectivity index (χ3n) is 4.21. The molecule has 0 aliphatic carbocycles. The number of hydrogen-bond acceptors (Lipinski definition) is 4. The molecule has 2 fully saturated rings. The Balaban J connectivity index is 0.00000208. The zero-order valence-corrected chi connectivity index (χ0v) is 14.9. The lowest BCUT2D eigenvalue weighted by molar-refractivity contribution is -0.129. The van der Waals surface area contributed by atoms with Gasteiger partial charge < -0.3 is 20.3 Å². The maximum Gasteiger partial charge on any atom is 0.240 e. The number of halogens is 2. The molecule has 0 bridgehead atoms. The van der Waals surface area contributed by atoms with Crippen molar-refractivity contribution in [1.29, 1.82) is 0 Å². The predicted molar refractivity (Wildman–Crippen MR) is 94.8 cm³/mol. The molecule has 3 rings (SSSR count). The molecule has 2 saturated heterocycles. The second-order valence-electron chi connectivity index (χ2n) is 5.87. The molecule has 1 unspecified atom stereocenters. The van der Waals surface area contributed by atoms with Crippen LogP contribution in [0.15, 0.2) is 24.3 Å². The maximum atomic E-state index is 12.4. The standard InChI is InChI=1S/C16H20ClN3O3.ClH/c1-10-15(18-6-7-23-10)16(22)19-11-8-14(21)20(9-11)13-5-3-2-4-12(13)17;/h2-5,10-11,15,18H,6-9H2,1H3,(H,19,22);1H/t10-,11?,15+;/m1./s1. The van der Waals surface area contributed by atoms with Crippen LogP contribution in [0.1, 0.15) is 13.3 Å². The number of carbonyl (C=O) groups excluding carboxylic acids is 2. The van der Waals surface area contributed by atoms with Gasteiger partial charge in [-0.1, -0.05) is 23.7 Å². The van der Waals surface area contributed by atoms with Gasteiger partial charge in [-0.2, -0.15) is 0 Å². The first-order chi connectivity index (χ1) is 11.1. The minimum atomic E-state index is -0.381. The lowest BCUT2D eigenvalue weighted by atomic mass is 10.1. The van der Waals surface area contributed by atoms with E-state index in [2.05, 4.69) is 10.6 Å². The van der Waals surface area contributed by atoms with Crippen LogP contribution in [0.25, 0.3) is 0 Å². The van der Waals surface area contributed by atoms with Crippen molar-refractivity contribution in [1.82, 2.24) is 10.6 Å². The molecule has 8 heteroatoms. The molecule has 2 N–H and O–H groups in total. The molecule has 0 radical (unpaired) electrons. The van der Waals surface area contributed by atoms with E-state index < -0.39 is 0 Å². The van der Waals surface area contributed by atoms with Gasteiger partial charge in [0.05, 0.1) is 29.5 Å². The number of nitrogens with one attached hydrogen (secondary N) is 2. The molecule has 0 aromatic heterocycles. The van der Waals surface area contributed by atoms with E-state index in [9.17, 15) is 9.59 Å². The summed E-state index contributed by atoms with van der Waals surface area (Å²) in [6.45, 7) is 3.55. The van der Waals surface area contributed by atoms with Crippen molar-refractivity contribution in [3.05, 3.63) is 29.3 Å². The Morgan fingerprint density at radius 3 is 2.88 bits per heavy atom. The van der Waals surface area contributed by atoms with Crippen molar-refractivity contribution >= 4 is 41.5 Å². The van der Waals surface area contributed by atoms with E-state index in [0.29, 0.717) is 30.4 Å². The van der Waals surface area contributed by atoms with Gasteiger partial charge in [-0.05, 0) is 19.1 Å². The summed E-state index contributed by atoms with van der Waals surface area (Å²) < 4.78 is 5.49. The fourth-order valence-electron chi connectivity index (χ4n) is 3.03. The van der Waals surface area contributed by atoms with Gasteiger partial charge in [0.25, 0.3) is 0 Å². The highest BCUT2D eigenvalue weighted by molar-refractivity contribution is 6.33. The van der Waals surface area contributed by atoms with Crippen LogP contribution in [0.4, 0.5) is 5.69 Å². The summed E-state index contributed by atoms with van der Waals surface area (Å²) in [6.07, 6.45) is 0.0966. The zero-order valence-electron chi connectivity index (χ0n) is 13.3. The van der Waals surface area contributed by atoms with Crippen LogP contribution in [0.5, 0.6) is 0 Å². The van der Waals surface area contributed by atoms with Crippen LogP contribution >= 0.6 is 24.0 Å². The average Bonchev–Trinajstić information content (AvgIpc) is 2.88. The number of rotatable bonds is 3. The second kappa shape index (κ2) is 8.16. The summed E-state index contributed by atoms with van der Waals surface area (Å²) in [4.78, 5) is 26.2. The fraction of sp³-hybridized carbons (Fsp3) is 0.500. The second-order valence-corrected chi connectivity index (χ2v) is 6.28. The highest BCUT2D eigenvalue weighted by Gasteiger charge is 2.35. The number of benzene rings is 1. The Hall–Kier alpha value is -1.34. The van der Waals surface area contributed by atoms with Crippen LogP contribution in [0.2, 0.25) is 5.02 Å². The van der Waals surface area contributed by atoms with Gasteiger partial charge in [-0.15, -0.1) is 12.4 Å². The number of amides is 2. The molecule has 24 heavy (non-hydrogen) atoms. The average molecular weight is 374 g/mol. The third kappa shape index (κ3) is 4.00. The molecule has 2 amide bonds. The van der Waals surface area contributed by atoms with Crippen LogP contribution < -0.4 is 15.5 Å². The molecule has 6 nitrogen and oxygen atoms in total. The van der Waals surface area contributed by atoms with Gasteiger partial charge in [-0.25, -0.2) is 0 Å². The zero-order chi connectivity index (χ0) is 16.4. The topological polar surface area (TPSA) is 70.7 Å². The number of nitrogens with zero attached hydrogens (tertiary/aromatic N) is 1. The van der Waals surface area contributed by atoms with Gasteiger partial charge >= 0.3 is 0 Å². The predicted octanol–water partition coefficient (Wildman–Crippen LogP) is 1.36. The molecule has 2 aliphatic heterocycles. The van der Waals surface area contributed by atoms with Crippen molar-refractivity contribution < 1.29 is 14.3 Å². The van der Waals surface area contributed by atoms with Gasteiger partial charge in [0, 0.05) is 19.5 Å². The van der Waals surface area contributed by atoms with Crippen LogP contribution in [0, 0.1) is 0 Å². The molecule has 0 saturated carbocycles. The molecule has 132 valence electrons. The van der Waals surface area contributed by atoms with E-state index in [1.807, 2.05) is 25.1 Å². The molecule has 1 aromatic carbocycles. The summed E-state index contributed by atoms with van der Waals surface area (Å²) in [7, 11) is 0. The van der Waals surface area contributed by atoms with Crippen LogP contribution in [-0.4, -0.2) is 49.7 Å². The molecular formula is C16H21Cl2N3O3. The van der Waals surface area contributed by atoms with Crippen molar-refractivity contribution in [3.63, 3.8) is 0 Å². The van der Waals surface area contributed by atoms with E-state index in [1.165, 1.54) is 0 Å². The van der Waals surface area contributed by atoms with Gasteiger partial charge in [-0.3, -0.25) is 9.59 Å². The Labute approximate surface area is 152 Å². The minimum Gasteiger partial charge on any atom is -0.375 e. The SMILES string of the molecule is C[C@H]1OCCN[C@@H]1C(=O)NC1CC(=O)N(c2ccccc2Cl)C1.Cl. The monoisotopic (exact) mass is 373 g/mol. The first-order valence-electron chi connectivity index (χ1n) is 7.76. The Morgan fingerprint density at radius 1 is 1.42 bits per heavy atom. The minimum absolute atomic E-state index is 0. The molecule has 1 aromatic rings. The smallest absolute Gasteiger partial charge is 0.240 e. The van der Waals surface area contributed by atoms with Gasteiger partial charge in [0.15, 0.2) is 0 Å². The van der Waals surface area contributed by atoms with E-state index in [1.54, 1.807) is 11.0 Å². The van der Waals surface area contributed by atoms with E-state index >= 15 is 0 Å².